The van der Waals surface area contributed by atoms with Crippen LogP contribution in [0, 0.1) is 5.82 Å². The zero-order valence-electron chi connectivity index (χ0n) is 10.4. The number of carbonyl (C=O) groups excluding carboxylic acids is 1. The Kier molecular flexibility index (Phi) is 3.03. The van der Waals surface area contributed by atoms with Crippen molar-refractivity contribution in [3.05, 3.63) is 60.1 Å². The average Bonchev–Trinajstić information content (AvgIpc) is 2.48. The summed E-state index contributed by atoms with van der Waals surface area (Å²) in [5, 5.41) is 4.26. The Morgan fingerprint density at radius 2 is 1.95 bits per heavy atom. The summed E-state index contributed by atoms with van der Waals surface area (Å²) in [4.78, 5) is 12.5. The highest BCUT2D eigenvalue weighted by Gasteiger charge is 2.22. The van der Waals surface area contributed by atoms with Crippen molar-refractivity contribution in [2.24, 2.45) is 0 Å². The van der Waals surface area contributed by atoms with Crippen LogP contribution in [-0.2, 0) is 0 Å². The number of halogens is 1. The van der Waals surface area contributed by atoms with Crippen molar-refractivity contribution in [1.29, 1.82) is 0 Å². The Balaban J connectivity index is 2.07. The molecular weight excluding hydrogens is 241 g/mol. The maximum atomic E-state index is 13.7. The molecule has 2 nitrogen and oxygen atoms in total. The Bertz CT molecular complexity index is 663. The number of fused-ring (bicyclic) bond motifs is 1. The van der Waals surface area contributed by atoms with Crippen molar-refractivity contribution >= 4 is 16.6 Å². The molecule has 0 saturated heterocycles. The van der Waals surface area contributed by atoms with Gasteiger partial charge in [-0.05, 0) is 36.6 Å². The third kappa shape index (κ3) is 2.12. The van der Waals surface area contributed by atoms with Gasteiger partial charge >= 0.3 is 0 Å². The van der Waals surface area contributed by atoms with Gasteiger partial charge < -0.3 is 5.32 Å². The highest BCUT2D eigenvalue weighted by molar-refractivity contribution is 6.10. The number of benzene rings is 2. The fraction of sp³-hybridized carbons (Fsp3) is 0.188. The first-order chi connectivity index (χ1) is 9.27. The lowest BCUT2D eigenvalue weighted by Gasteiger charge is -2.19. The number of ketones is 1. The van der Waals surface area contributed by atoms with Crippen LogP contribution in [0.4, 0.5) is 4.39 Å². The maximum Gasteiger partial charge on any atom is 0.185 e. The maximum absolute atomic E-state index is 13.7. The summed E-state index contributed by atoms with van der Waals surface area (Å²) in [5.41, 5.74) is 0.588. The zero-order chi connectivity index (χ0) is 13.2. The first-order valence-electron chi connectivity index (χ1n) is 6.40. The molecule has 1 heterocycles. The second kappa shape index (κ2) is 4.84. The first-order valence-corrected chi connectivity index (χ1v) is 6.40. The second-order valence-electron chi connectivity index (χ2n) is 4.70. The van der Waals surface area contributed by atoms with Gasteiger partial charge in [-0.1, -0.05) is 30.3 Å². The molecular formula is C16H14FNO. The van der Waals surface area contributed by atoms with Crippen LogP contribution in [0.5, 0.6) is 0 Å². The molecule has 1 unspecified atom stereocenters. The highest BCUT2D eigenvalue weighted by Crippen LogP contribution is 2.24. The lowest BCUT2D eigenvalue weighted by atomic mass is 9.94. The summed E-state index contributed by atoms with van der Waals surface area (Å²) in [6.07, 6.45) is 5.49. The summed E-state index contributed by atoms with van der Waals surface area (Å²) in [5.74, 6) is -0.260. The summed E-state index contributed by atoms with van der Waals surface area (Å²) >= 11 is 0. The van der Waals surface area contributed by atoms with Gasteiger partial charge in [-0.25, -0.2) is 4.39 Å². The van der Waals surface area contributed by atoms with E-state index in [1.807, 2.05) is 18.3 Å². The van der Waals surface area contributed by atoms with E-state index in [0.29, 0.717) is 16.3 Å². The molecule has 2 aromatic rings. The number of hydrogen-bond acceptors (Lipinski definition) is 2. The van der Waals surface area contributed by atoms with Crippen molar-refractivity contribution in [3.8, 4) is 0 Å². The molecule has 1 aliphatic heterocycles. The van der Waals surface area contributed by atoms with Gasteiger partial charge in [0.15, 0.2) is 5.78 Å². The number of allylic oxidation sites excluding steroid dienone is 1. The lowest BCUT2D eigenvalue weighted by molar-refractivity contribution is 0.0945. The zero-order valence-corrected chi connectivity index (χ0v) is 10.4. The highest BCUT2D eigenvalue weighted by atomic mass is 19.1. The Morgan fingerprint density at radius 1 is 1.16 bits per heavy atom. The molecule has 3 rings (SSSR count). The van der Waals surface area contributed by atoms with Crippen molar-refractivity contribution < 1.29 is 9.18 Å². The van der Waals surface area contributed by atoms with Crippen LogP contribution in [-0.4, -0.2) is 11.8 Å². The van der Waals surface area contributed by atoms with Gasteiger partial charge in [0.05, 0.1) is 6.04 Å². The van der Waals surface area contributed by atoms with E-state index in [1.165, 1.54) is 6.07 Å². The Hall–Kier alpha value is -2.16. The summed E-state index contributed by atoms with van der Waals surface area (Å²) in [6.45, 7) is 0. The molecule has 3 heteroatoms. The van der Waals surface area contributed by atoms with E-state index in [2.05, 4.69) is 5.32 Å². The molecule has 1 N–H and O–H groups in total. The van der Waals surface area contributed by atoms with Gasteiger partial charge in [0.2, 0.25) is 0 Å². The topological polar surface area (TPSA) is 29.1 Å². The summed E-state index contributed by atoms with van der Waals surface area (Å²) in [6, 6.07) is 9.85. The molecule has 0 amide bonds. The predicted octanol–water partition coefficient (Wildman–Crippen LogP) is 3.43. The number of carbonyl (C=O) groups is 1. The fourth-order valence-electron chi connectivity index (χ4n) is 2.49. The normalized spacial score (nSPS) is 18.3. The minimum Gasteiger partial charge on any atom is -0.381 e. The molecule has 2 aromatic carbocycles. The minimum absolute atomic E-state index is 0.0283. The lowest BCUT2D eigenvalue weighted by Crippen LogP contribution is -2.35. The second-order valence-corrected chi connectivity index (χ2v) is 4.70. The predicted molar refractivity (Wildman–Crippen MR) is 73.5 cm³/mol. The number of hydrogen-bond donors (Lipinski definition) is 1. The van der Waals surface area contributed by atoms with Crippen LogP contribution in [0.25, 0.3) is 10.8 Å². The van der Waals surface area contributed by atoms with E-state index >= 15 is 0 Å². The van der Waals surface area contributed by atoms with Gasteiger partial charge in [-0.2, -0.15) is 0 Å². The SMILES string of the molecule is O=C(c1ccc(F)c2ccccc12)C1CCC=CN1. The van der Waals surface area contributed by atoms with Crippen LogP contribution in [0.15, 0.2) is 48.7 Å². The third-order valence-electron chi connectivity index (χ3n) is 3.49. The van der Waals surface area contributed by atoms with Crippen LogP contribution in [0.3, 0.4) is 0 Å². The van der Waals surface area contributed by atoms with E-state index in [-0.39, 0.29) is 17.6 Å². The van der Waals surface area contributed by atoms with Crippen molar-refractivity contribution in [2.75, 3.05) is 0 Å². The summed E-state index contributed by atoms with van der Waals surface area (Å²) in [7, 11) is 0. The van der Waals surface area contributed by atoms with Gasteiger partial charge in [-0.15, -0.1) is 0 Å². The van der Waals surface area contributed by atoms with Gasteiger partial charge in [0.1, 0.15) is 5.82 Å². The molecule has 0 aliphatic carbocycles. The summed E-state index contributed by atoms with van der Waals surface area (Å²) < 4.78 is 13.7. The average molecular weight is 255 g/mol. The van der Waals surface area contributed by atoms with Crippen molar-refractivity contribution in [3.63, 3.8) is 0 Å². The van der Waals surface area contributed by atoms with Crippen LogP contribution < -0.4 is 5.32 Å². The quantitative estimate of drug-likeness (QED) is 0.833. The van der Waals surface area contributed by atoms with Gasteiger partial charge in [-0.3, -0.25) is 4.79 Å². The number of rotatable bonds is 2. The molecule has 0 fully saturated rings. The molecule has 0 bridgehead atoms. The first kappa shape index (κ1) is 11.9. The Morgan fingerprint density at radius 3 is 2.68 bits per heavy atom. The van der Waals surface area contributed by atoms with E-state index in [0.717, 1.165) is 12.8 Å². The third-order valence-corrected chi connectivity index (χ3v) is 3.49. The van der Waals surface area contributed by atoms with E-state index in [9.17, 15) is 9.18 Å². The number of nitrogens with one attached hydrogen (secondary N) is 1. The van der Waals surface area contributed by atoms with Crippen LogP contribution >= 0.6 is 0 Å². The largest absolute Gasteiger partial charge is 0.381 e. The monoisotopic (exact) mass is 255 g/mol. The fourth-order valence-corrected chi connectivity index (χ4v) is 2.49. The Labute approximate surface area is 110 Å². The minimum atomic E-state index is -0.288. The standard InChI is InChI=1S/C16H14FNO/c17-14-9-8-13(11-5-1-2-6-12(11)14)16(19)15-7-3-4-10-18-15/h1-2,4-6,8-10,15,18H,3,7H2. The van der Waals surface area contributed by atoms with E-state index < -0.39 is 0 Å². The number of Topliss-reactive ketones (excluding diaryl/α,β-unsaturated/α-hetero) is 1. The van der Waals surface area contributed by atoms with E-state index in [4.69, 9.17) is 0 Å². The van der Waals surface area contributed by atoms with Crippen LogP contribution in [0.1, 0.15) is 23.2 Å². The smallest absolute Gasteiger partial charge is 0.185 e. The molecule has 96 valence electrons. The molecule has 19 heavy (non-hydrogen) atoms. The van der Waals surface area contributed by atoms with Gasteiger partial charge in [0, 0.05) is 10.9 Å². The molecule has 0 saturated carbocycles. The van der Waals surface area contributed by atoms with Gasteiger partial charge in [0.25, 0.3) is 0 Å². The molecule has 0 spiro atoms. The molecule has 1 aliphatic rings. The van der Waals surface area contributed by atoms with Crippen molar-refractivity contribution in [2.45, 2.75) is 18.9 Å². The molecule has 0 radical (unpaired) electrons. The van der Waals surface area contributed by atoms with Crippen molar-refractivity contribution in [1.82, 2.24) is 5.32 Å². The molecule has 1 atom stereocenters. The van der Waals surface area contributed by atoms with E-state index in [1.54, 1.807) is 24.3 Å². The molecule has 0 aromatic heterocycles. The van der Waals surface area contributed by atoms with Crippen LogP contribution in [0.2, 0.25) is 0 Å².